The number of halogens is 1. The van der Waals surface area contributed by atoms with Crippen LogP contribution in [-0.4, -0.2) is 36.1 Å². The molecule has 0 radical (unpaired) electrons. The Morgan fingerprint density at radius 2 is 2.15 bits per heavy atom. The van der Waals surface area contributed by atoms with E-state index in [9.17, 15) is 4.39 Å². The molecule has 0 unspecified atom stereocenters. The summed E-state index contributed by atoms with van der Waals surface area (Å²) in [7, 11) is 0. The van der Waals surface area contributed by atoms with E-state index in [1.807, 2.05) is 17.0 Å². The molecule has 0 fully saturated rings. The molecule has 27 heavy (non-hydrogen) atoms. The highest BCUT2D eigenvalue weighted by Crippen LogP contribution is 2.35. The van der Waals surface area contributed by atoms with Crippen LogP contribution in [0.4, 0.5) is 10.2 Å². The molecular weight excluding hydrogens is 347 g/mol. The van der Waals surface area contributed by atoms with Crippen molar-refractivity contribution in [3.8, 4) is 6.07 Å². The molecular formula is C18H13FN8. The third kappa shape index (κ3) is 2.42. The molecule has 5 heterocycles. The van der Waals surface area contributed by atoms with E-state index in [-0.39, 0.29) is 11.7 Å². The maximum Gasteiger partial charge on any atom is 0.214 e. The summed E-state index contributed by atoms with van der Waals surface area (Å²) in [6.45, 7) is 0.663. The lowest BCUT2D eigenvalue weighted by molar-refractivity contribution is 0.536. The standard InChI is InChI=1S/C18H13FN8/c19-15-3-1-2-12-6-14(25-27(12)15)18-17-13(23-10-24-17)4-5-26(18)16-9-21-11(7-20)8-22-16/h1-3,6,8-10,18H,4-5H2,(H,23,24)/t18-/m0/s1. The van der Waals surface area contributed by atoms with Gasteiger partial charge >= 0.3 is 0 Å². The van der Waals surface area contributed by atoms with Crippen molar-refractivity contribution in [3.05, 3.63) is 71.7 Å². The van der Waals surface area contributed by atoms with E-state index in [0.29, 0.717) is 23.6 Å². The van der Waals surface area contributed by atoms with Crippen LogP contribution in [0, 0.1) is 17.3 Å². The molecule has 0 amide bonds. The Hall–Kier alpha value is -3.80. The second kappa shape index (κ2) is 5.88. The molecule has 132 valence electrons. The van der Waals surface area contributed by atoms with Crippen molar-refractivity contribution >= 4 is 11.3 Å². The highest BCUT2D eigenvalue weighted by Gasteiger charge is 2.34. The lowest BCUT2D eigenvalue weighted by Crippen LogP contribution is -2.37. The topological polar surface area (TPSA) is 98.8 Å². The first kappa shape index (κ1) is 15.5. The van der Waals surface area contributed by atoms with Crippen molar-refractivity contribution in [2.75, 3.05) is 11.4 Å². The van der Waals surface area contributed by atoms with Gasteiger partial charge in [0.1, 0.15) is 17.9 Å². The molecule has 0 saturated heterocycles. The fourth-order valence-corrected chi connectivity index (χ4v) is 3.49. The molecule has 8 nitrogen and oxygen atoms in total. The van der Waals surface area contributed by atoms with Crippen molar-refractivity contribution in [1.82, 2.24) is 29.5 Å². The second-order valence-corrected chi connectivity index (χ2v) is 6.24. The van der Waals surface area contributed by atoms with Crippen molar-refractivity contribution in [3.63, 3.8) is 0 Å². The summed E-state index contributed by atoms with van der Waals surface area (Å²) in [6, 6.07) is 8.31. The molecule has 0 bridgehead atoms. The summed E-state index contributed by atoms with van der Waals surface area (Å²) in [5.74, 6) is 0.187. The number of anilines is 1. The fraction of sp³-hybridized carbons (Fsp3) is 0.167. The van der Waals surface area contributed by atoms with E-state index >= 15 is 0 Å². The third-order valence-electron chi connectivity index (χ3n) is 4.71. The Balaban J connectivity index is 1.66. The monoisotopic (exact) mass is 360 g/mol. The third-order valence-corrected chi connectivity index (χ3v) is 4.71. The van der Waals surface area contributed by atoms with Gasteiger partial charge in [0.25, 0.3) is 0 Å². The Morgan fingerprint density at radius 1 is 1.22 bits per heavy atom. The lowest BCUT2D eigenvalue weighted by Gasteiger charge is -2.34. The molecule has 1 aliphatic heterocycles. The number of pyridine rings is 1. The van der Waals surface area contributed by atoms with E-state index in [1.165, 1.54) is 16.8 Å². The zero-order valence-corrected chi connectivity index (χ0v) is 14.0. The normalized spacial score (nSPS) is 16.3. The van der Waals surface area contributed by atoms with Crippen LogP contribution in [0.2, 0.25) is 0 Å². The smallest absolute Gasteiger partial charge is 0.214 e. The average Bonchev–Trinajstić information content (AvgIpc) is 3.35. The van der Waals surface area contributed by atoms with Gasteiger partial charge in [0, 0.05) is 18.7 Å². The summed E-state index contributed by atoms with van der Waals surface area (Å²) in [5.41, 5.74) is 3.44. The summed E-state index contributed by atoms with van der Waals surface area (Å²) in [4.78, 5) is 18.2. The van der Waals surface area contributed by atoms with Crippen LogP contribution in [0.15, 0.2) is 43.0 Å². The van der Waals surface area contributed by atoms with Crippen LogP contribution >= 0.6 is 0 Å². The quantitative estimate of drug-likeness (QED) is 0.549. The van der Waals surface area contributed by atoms with Gasteiger partial charge < -0.3 is 9.88 Å². The van der Waals surface area contributed by atoms with Crippen LogP contribution in [0.1, 0.15) is 28.8 Å². The van der Waals surface area contributed by atoms with Crippen molar-refractivity contribution in [1.29, 1.82) is 5.26 Å². The first-order valence-electron chi connectivity index (χ1n) is 8.40. The van der Waals surface area contributed by atoms with Gasteiger partial charge in [-0.1, -0.05) is 6.07 Å². The molecule has 4 aromatic heterocycles. The molecule has 5 rings (SSSR count). The Bertz CT molecular complexity index is 1170. The minimum absolute atomic E-state index is 0.252. The molecule has 1 aliphatic rings. The van der Waals surface area contributed by atoms with Gasteiger partial charge in [-0.05, 0) is 18.2 Å². The Morgan fingerprint density at radius 3 is 2.93 bits per heavy atom. The average molecular weight is 360 g/mol. The minimum Gasteiger partial charge on any atom is -0.348 e. The maximum absolute atomic E-state index is 14.1. The van der Waals surface area contributed by atoms with Crippen LogP contribution < -0.4 is 4.90 Å². The first-order chi connectivity index (χ1) is 13.2. The van der Waals surface area contributed by atoms with E-state index in [2.05, 4.69) is 25.0 Å². The first-order valence-corrected chi connectivity index (χ1v) is 8.40. The van der Waals surface area contributed by atoms with Gasteiger partial charge in [-0.2, -0.15) is 14.8 Å². The fourth-order valence-electron chi connectivity index (χ4n) is 3.49. The molecule has 0 saturated carbocycles. The van der Waals surface area contributed by atoms with E-state index in [4.69, 9.17) is 5.26 Å². The highest BCUT2D eigenvalue weighted by molar-refractivity contribution is 5.53. The number of aromatic nitrogens is 6. The molecule has 1 N–H and O–H groups in total. The molecule has 0 spiro atoms. The van der Waals surface area contributed by atoms with E-state index < -0.39 is 5.95 Å². The van der Waals surface area contributed by atoms with Crippen LogP contribution in [-0.2, 0) is 6.42 Å². The van der Waals surface area contributed by atoms with Gasteiger partial charge in [0.05, 0.1) is 35.6 Å². The molecule has 4 aromatic rings. The predicted molar refractivity (Wildman–Crippen MR) is 93.4 cm³/mol. The van der Waals surface area contributed by atoms with Crippen LogP contribution in [0.5, 0.6) is 0 Å². The van der Waals surface area contributed by atoms with Crippen molar-refractivity contribution in [2.24, 2.45) is 0 Å². The van der Waals surface area contributed by atoms with Gasteiger partial charge in [0.2, 0.25) is 5.95 Å². The number of imidazole rings is 1. The van der Waals surface area contributed by atoms with Gasteiger partial charge in [0.15, 0.2) is 5.69 Å². The Kier molecular flexibility index (Phi) is 3.36. The summed E-state index contributed by atoms with van der Waals surface area (Å²) in [6.07, 6.45) is 5.42. The zero-order valence-electron chi connectivity index (χ0n) is 14.0. The Labute approximate surface area is 152 Å². The largest absolute Gasteiger partial charge is 0.348 e. The summed E-state index contributed by atoms with van der Waals surface area (Å²) < 4.78 is 15.4. The maximum atomic E-state index is 14.1. The van der Waals surface area contributed by atoms with Crippen LogP contribution in [0.25, 0.3) is 5.52 Å². The van der Waals surface area contributed by atoms with Gasteiger partial charge in [-0.25, -0.2) is 19.5 Å². The number of aromatic amines is 1. The number of hydrogen-bond donors (Lipinski definition) is 1. The van der Waals surface area contributed by atoms with Gasteiger partial charge in [-0.15, -0.1) is 0 Å². The number of nitrogens with zero attached hydrogens (tertiary/aromatic N) is 7. The lowest BCUT2D eigenvalue weighted by atomic mass is 10.00. The second-order valence-electron chi connectivity index (χ2n) is 6.24. The summed E-state index contributed by atoms with van der Waals surface area (Å²) in [5, 5.41) is 13.4. The number of nitrogens with one attached hydrogen (secondary N) is 1. The number of rotatable bonds is 2. The van der Waals surface area contributed by atoms with E-state index in [1.54, 1.807) is 24.7 Å². The minimum atomic E-state index is -0.429. The van der Waals surface area contributed by atoms with Crippen molar-refractivity contribution in [2.45, 2.75) is 12.5 Å². The van der Waals surface area contributed by atoms with Gasteiger partial charge in [-0.3, -0.25) is 0 Å². The molecule has 1 atom stereocenters. The van der Waals surface area contributed by atoms with Crippen LogP contribution in [0.3, 0.4) is 0 Å². The molecule has 0 aromatic carbocycles. The molecule has 9 heteroatoms. The number of H-pyrrole nitrogens is 1. The van der Waals surface area contributed by atoms with E-state index in [0.717, 1.165) is 17.8 Å². The predicted octanol–water partition coefficient (Wildman–Crippen LogP) is 2.01. The summed E-state index contributed by atoms with van der Waals surface area (Å²) >= 11 is 0. The molecule has 0 aliphatic carbocycles. The highest BCUT2D eigenvalue weighted by atomic mass is 19.1. The number of fused-ring (bicyclic) bond motifs is 2. The van der Waals surface area contributed by atoms with Crippen molar-refractivity contribution < 1.29 is 4.39 Å². The number of hydrogen-bond acceptors (Lipinski definition) is 6. The zero-order chi connectivity index (χ0) is 18.4. The SMILES string of the molecule is N#Cc1cnc(N2CCc3[nH]cnc3[C@@H]2c2cc3cccc(F)n3n2)cn1. The number of nitriles is 1.